The quantitative estimate of drug-likeness (QED) is 0.821. The molecule has 0 saturated carbocycles. The van der Waals surface area contributed by atoms with Crippen LogP contribution < -0.4 is 10.1 Å². The molecule has 2 aromatic rings. The number of hydrogen-bond acceptors (Lipinski definition) is 2. The fraction of sp³-hybridized carbons (Fsp3) is 0.368. The first-order valence-electron chi connectivity index (χ1n) is 7.60. The molecular weight excluding hydrogens is 258 g/mol. The molecule has 0 aliphatic heterocycles. The summed E-state index contributed by atoms with van der Waals surface area (Å²) in [6, 6.07) is 17.8. The molecule has 21 heavy (non-hydrogen) atoms. The Morgan fingerprint density at radius 3 is 2.05 bits per heavy atom. The first-order chi connectivity index (χ1) is 10.1. The Labute approximate surface area is 128 Å². The summed E-state index contributed by atoms with van der Waals surface area (Å²) in [5.74, 6) is 0.903. The lowest BCUT2D eigenvalue weighted by Crippen LogP contribution is -2.24. The third kappa shape index (κ3) is 4.08. The van der Waals surface area contributed by atoms with Crippen molar-refractivity contribution in [3.63, 3.8) is 0 Å². The molecule has 2 nitrogen and oxygen atoms in total. The van der Waals surface area contributed by atoms with Crippen LogP contribution in [0.1, 0.15) is 49.0 Å². The SMILES string of the molecule is CCC(N[C@@H](C)c1ccc(C)cc1)c1ccc(OC)cc1. The first-order valence-corrected chi connectivity index (χ1v) is 7.60. The summed E-state index contributed by atoms with van der Waals surface area (Å²) in [7, 11) is 1.70. The van der Waals surface area contributed by atoms with Crippen LogP contribution in [0.25, 0.3) is 0 Å². The van der Waals surface area contributed by atoms with E-state index in [1.54, 1.807) is 7.11 Å². The third-order valence-corrected chi connectivity index (χ3v) is 3.95. The van der Waals surface area contributed by atoms with Crippen molar-refractivity contribution >= 4 is 0 Å². The second-order valence-corrected chi connectivity index (χ2v) is 5.53. The summed E-state index contributed by atoms with van der Waals surface area (Å²) in [5, 5.41) is 3.72. The fourth-order valence-corrected chi connectivity index (χ4v) is 2.54. The van der Waals surface area contributed by atoms with Crippen molar-refractivity contribution in [2.24, 2.45) is 0 Å². The van der Waals surface area contributed by atoms with Gasteiger partial charge >= 0.3 is 0 Å². The first kappa shape index (κ1) is 15.6. The molecule has 2 atom stereocenters. The average Bonchev–Trinajstić information content (AvgIpc) is 2.53. The molecule has 0 aliphatic rings. The minimum absolute atomic E-state index is 0.331. The van der Waals surface area contributed by atoms with E-state index >= 15 is 0 Å². The van der Waals surface area contributed by atoms with Gasteiger partial charge in [0.15, 0.2) is 0 Å². The monoisotopic (exact) mass is 283 g/mol. The van der Waals surface area contributed by atoms with Crippen LogP contribution in [0, 0.1) is 6.92 Å². The van der Waals surface area contributed by atoms with E-state index < -0.39 is 0 Å². The van der Waals surface area contributed by atoms with Crippen LogP contribution in [0.3, 0.4) is 0 Å². The maximum absolute atomic E-state index is 5.22. The lowest BCUT2D eigenvalue weighted by atomic mass is 10.0. The zero-order chi connectivity index (χ0) is 15.2. The highest BCUT2D eigenvalue weighted by Crippen LogP contribution is 2.24. The molecule has 2 aromatic carbocycles. The van der Waals surface area contributed by atoms with Crippen LogP contribution >= 0.6 is 0 Å². The summed E-state index contributed by atoms with van der Waals surface area (Å²) in [5.41, 5.74) is 3.93. The number of benzene rings is 2. The molecule has 0 saturated heterocycles. The lowest BCUT2D eigenvalue weighted by Gasteiger charge is -2.23. The number of hydrogen-bond donors (Lipinski definition) is 1. The van der Waals surface area contributed by atoms with Gasteiger partial charge in [-0.15, -0.1) is 0 Å². The molecule has 0 fully saturated rings. The summed E-state index contributed by atoms with van der Waals surface area (Å²) >= 11 is 0. The number of aryl methyl sites for hydroxylation is 1. The molecule has 0 aliphatic carbocycles. The zero-order valence-corrected chi connectivity index (χ0v) is 13.4. The maximum Gasteiger partial charge on any atom is 0.118 e. The van der Waals surface area contributed by atoms with E-state index in [1.165, 1.54) is 16.7 Å². The van der Waals surface area contributed by atoms with Gasteiger partial charge in [0.05, 0.1) is 7.11 Å². The molecule has 2 rings (SSSR count). The average molecular weight is 283 g/mol. The van der Waals surface area contributed by atoms with Crippen molar-refractivity contribution < 1.29 is 4.74 Å². The van der Waals surface area contributed by atoms with Gasteiger partial charge in [-0.2, -0.15) is 0 Å². The van der Waals surface area contributed by atoms with Crippen LogP contribution in [0.5, 0.6) is 5.75 Å². The molecular formula is C19H25NO. The van der Waals surface area contributed by atoms with Crippen molar-refractivity contribution in [2.75, 3.05) is 7.11 Å². The van der Waals surface area contributed by atoms with Gasteiger partial charge in [-0.1, -0.05) is 48.9 Å². The van der Waals surface area contributed by atoms with Crippen molar-refractivity contribution in [3.8, 4) is 5.75 Å². The van der Waals surface area contributed by atoms with Crippen LogP contribution in [0.4, 0.5) is 0 Å². The van der Waals surface area contributed by atoms with Crippen LogP contribution in [-0.2, 0) is 0 Å². The van der Waals surface area contributed by atoms with Gasteiger partial charge in [0.1, 0.15) is 5.75 Å². The van der Waals surface area contributed by atoms with E-state index in [4.69, 9.17) is 4.74 Å². The smallest absolute Gasteiger partial charge is 0.118 e. The summed E-state index contributed by atoms with van der Waals surface area (Å²) in [6.45, 7) is 6.55. The Kier molecular flexibility index (Phi) is 5.40. The Hall–Kier alpha value is -1.80. The molecule has 1 unspecified atom stereocenters. The highest BCUT2D eigenvalue weighted by Gasteiger charge is 2.13. The molecule has 0 bridgehead atoms. The van der Waals surface area contributed by atoms with E-state index in [-0.39, 0.29) is 0 Å². The van der Waals surface area contributed by atoms with Crippen LogP contribution in [-0.4, -0.2) is 7.11 Å². The second kappa shape index (κ2) is 7.28. The van der Waals surface area contributed by atoms with Crippen molar-refractivity contribution in [2.45, 2.75) is 39.3 Å². The summed E-state index contributed by atoms with van der Waals surface area (Å²) < 4.78 is 5.22. The standard InChI is InChI=1S/C19H25NO/c1-5-19(17-10-12-18(21-4)13-11-17)20-15(3)16-8-6-14(2)7-9-16/h6-13,15,19-20H,5H2,1-4H3/t15-,19?/m0/s1. The normalized spacial score (nSPS) is 13.7. The van der Waals surface area contributed by atoms with Gasteiger partial charge in [-0.3, -0.25) is 0 Å². The largest absolute Gasteiger partial charge is 0.497 e. The minimum Gasteiger partial charge on any atom is -0.497 e. The topological polar surface area (TPSA) is 21.3 Å². The molecule has 0 heterocycles. The molecule has 1 N–H and O–H groups in total. The van der Waals surface area contributed by atoms with Crippen LogP contribution in [0.2, 0.25) is 0 Å². The highest BCUT2D eigenvalue weighted by atomic mass is 16.5. The van der Waals surface area contributed by atoms with Crippen LogP contribution in [0.15, 0.2) is 48.5 Å². The third-order valence-electron chi connectivity index (χ3n) is 3.95. The Morgan fingerprint density at radius 2 is 1.52 bits per heavy atom. The minimum atomic E-state index is 0.331. The maximum atomic E-state index is 5.22. The Morgan fingerprint density at radius 1 is 0.952 bits per heavy atom. The van der Waals surface area contributed by atoms with Gasteiger partial charge in [0.2, 0.25) is 0 Å². The Bertz CT molecular complexity index is 545. The van der Waals surface area contributed by atoms with Gasteiger partial charge in [0, 0.05) is 12.1 Å². The number of rotatable bonds is 6. The van der Waals surface area contributed by atoms with Crippen molar-refractivity contribution in [1.82, 2.24) is 5.32 Å². The fourth-order valence-electron chi connectivity index (χ4n) is 2.54. The molecule has 0 aromatic heterocycles. The van der Waals surface area contributed by atoms with Gasteiger partial charge in [-0.05, 0) is 43.5 Å². The number of ether oxygens (including phenoxy) is 1. The predicted molar refractivity (Wildman–Crippen MR) is 88.8 cm³/mol. The van der Waals surface area contributed by atoms with E-state index in [0.717, 1.165) is 12.2 Å². The second-order valence-electron chi connectivity index (χ2n) is 5.53. The predicted octanol–water partition coefficient (Wildman–Crippen LogP) is 4.81. The van der Waals surface area contributed by atoms with Crippen molar-refractivity contribution in [3.05, 3.63) is 65.2 Å². The molecule has 0 spiro atoms. The summed E-state index contributed by atoms with van der Waals surface area (Å²) in [4.78, 5) is 0. The van der Waals surface area contributed by atoms with Gasteiger partial charge < -0.3 is 10.1 Å². The van der Waals surface area contributed by atoms with Gasteiger partial charge in [0.25, 0.3) is 0 Å². The summed E-state index contributed by atoms with van der Waals surface area (Å²) in [6.07, 6.45) is 1.06. The van der Waals surface area contributed by atoms with E-state index in [0.29, 0.717) is 12.1 Å². The van der Waals surface area contributed by atoms with Gasteiger partial charge in [-0.25, -0.2) is 0 Å². The number of nitrogens with one attached hydrogen (secondary N) is 1. The lowest BCUT2D eigenvalue weighted by molar-refractivity contribution is 0.413. The van der Waals surface area contributed by atoms with E-state index in [9.17, 15) is 0 Å². The Balaban J connectivity index is 2.08. The van der Waals surface area contributed by atoms with Crippen molar-refractivity contribution in [1.29, 1.82) is 0 Å². The molecule has 0 amide bonds. The molecule has 0 radical (unpaired) electrons. The van der Waals surface area contributed by atoms with E-state index in [2.05, 4.69) is 62.5 Å². The molecule has 2 heteroatoms. The molecule has 112 valence electrons. The number of methoxy groups -OCH3 is 1. The zero-order valence-electron chi connectivity index (χ0n) is 13.4. The highest BCUT2D eigenvalue weighted by molar-refractivity contribution is 5.30. The van der Waals surface area contributed by atoms with E-state index in [1.807, 2.05) is 12.1 Å².